The van der Waals surface area contributed by atoms with Crippen LogP contribution in [0.3, 0.4) is 0 Å². The van der Waals surface area contributed by atoms with Crippen LogP contribution in [-0.2, 0) is 0 Å². The minimum Gasteiger partial charge on any atom is -0.306 e. The van der Waals surface area contributed by atoms with Crippen molar-refractivity contribution in [1.29, 1.82) is 0 Å². The highest BCUT2D eigenvalue weighted by molar-refractivity contribution is 5.85. The van der Waals surface area contributed by atoms with Crippen molar-refractivity contribution in [2.45, 2.75) is 37.6 Å². The molecule has 1 unspecified atom stereocenters. The quantitative estimate of drug-likeness (QED) is 0.680. The minimum atomic E-state index is -2.48. The fourth-order valence-corrected chi connectivity index (χ4v) is 1.97. The molecule has 1 atom stereocenters. The van der Waals surface area contributed by atoms with Crippen molar-refractivity contribution in [1.82, 2.24) is 5.32 Å². The average molecular weight is 198 g/mol. The average Bonchev–Trinajstić information content (AvgIpc) is 2.64. The second-order valence-electron chi connectivity index (χ2n) is 3.86. The lowest BCUT2D eigenvalue weighted by Gasteiger charge is -2.31. The molecule has 1 saturated carbocycles. The lowest BCUT2D eigenvalue weighted by molar-refractivity contribution is -0.0620. The summed E-state index contributed by atoms with van der Waals surface area (Å²) in [6.07, 6.45) is 1.96. The van der Waals surface area contributed by atoms with E-state index in [1.807, 2.05) is 0 Å². The van der Waals surface area contributed by atoms with Crippen LogP contribution in [-0.4, -0.2) is 18.0 Å². The molecule has 0 amide bonds. The van der Waals surface area contributed by atoms with Gasteiger partial charge in [-0.15, -0.1) is 12.4 Å². The van der Waals surface area contributed by atoms with Gasteiger partial charge < -0.3 is 5.32 Å². The maximum absolute atomic E-state index is 13.2. The third kappa shape index (κ3) is 1.23. The van der Waals surface area contributed by atoms with E-state index in [0.29, 0.717) is 6.54 Å². The number of alkyl halides is 2. The van der Waals surface area contributed by atoms with E-state index in [4.69, 9.17) is 0 Å². The molecule has 0 aromatic carbocycles. The van der Waals surface area contributed by atoms with Gasteiger partial charge in [0, 0.05) is 13.0 Å². The predicted molar refractivity (Wildman–Crippen MR) is 45.9 cm³/mol. The molecule has 4 heteroatoms. The first kappa shape index (κ1) is 10.2. The highest BCUT2D eigenvalue weighted by Crippen LogP contribution is 2.50. The first-order valence-corrected chi connectivity index (χ1v) is 4.19. The van der Waals surface area contributed by atoms with Gasteiger partial charge in [0.05, 0.1) is 5.54 Å². The first-order valence-electron chi connectivity index (χ1n) is 4.19. The van der Waals surface area contributed by atoms with E-state index in [1.54, 1.807) is 6.92 Å². The molecule has 0 spiro atoms. The summed E-state index contributed by atoms with van der Waals surface area (Å²) in [5.41, 5.74) is -0.882. The predicted octanol–water partition coefficient (Wildman–Crippen LogP) is 2.21. The van der Waals surface area contributed by atoms with E-state index in [0.717, 1.165) is 12.8 Å². The summed E-state index contributed by atoms with van der Waals surface area (Å²) in [6.45, 7) is 2.14. The van der Waals surface area contributed by atoms with Crippen LogP contribution in [0.5, 0.6) is 0 Å². The van der Waals surface area contributed by atoms with Gasteiger partial charge in [-0.25, -0.2) is 8.78 Å². The Morgan fingerprint density at radius 3 is 2.25 bits per heavy atom. The Bertz CT molecular complexity index is 182. The maximum Gasteiger partial charge on any atom is 0.267 e. The Kier molecular flexibility index (Phi) is 2.39. The van der Waals surface area contributed by atoms with Gasteiger partial charge in [-0.2, -0.15) is 0 Å². The van der Waals surface area contributed by atoms with Crippen molar-refractivity contribution >= 4 is 12.4 Å². The molecule has 1 nitrogen and oxygen atoms in total. The molecule has 2 rings (SSSR count). The molecule has 2 aliphatic rings. The second kappa shape index (κ2) is 2.81. The Balaban J connectivity index is 0.000000720. The third-order valence-electron chi connectivity index (χ3n) is 3.08. The molecule has 0 bridgehead atoms. The van der Waals surface area contributed by atoms with E-state index in [9.17, 15) is 8.78 Å². The molecular weight excluding hydrogens is 184 g/mol. The van der Waals surface area contributed by atoms with Gasteiger partial charge in [0.25, 0.3) is 5.92 Å². The number of rotatable bonds is 1. The highest BCUT2D eigenvalue weighted by Gasteiger charge is 2.60. The van der Waals surface area contributed by atoms with Gasteiger partial charge in [-0.3, -0.25) is 0 Å². The third-order valence-corrected chi connectivity index (χ3v) is 3.08. The Labute approximate surface area is 77.3 Å². The second-order valence-corrected chi connectivity index (χ2v) is 3.86. The van der Waals surface area contributed by atoms with Crippen molar-refractivity contribution in [3.8, 4) is 0 Å². The van der Waals surface area contributed by atoms with Gasteiger partial charge in [-0.1, -0.05) is 0 Å². The van der Waals surface area contributed by atoms with E-state index in [2.05, 4.69) is 5.32 Å². The normalized spacial score (nSPS) is 39.2. The summed E-state index contributed by atoms with van der Waals surface area (Å²) >= 11 is 0. The number of hydrogen-bond acceptors (Lipinski definition) is 1. The standard InChI is InChI=1S/C8H13F2N.ClH/c1-7(6-2-3-6)8(9,10)4-5-11-7;/h6,11H,2-5H2,1H3;1H. The molecule has 0 radical (unpaired) electrons. The topological polar surface area (TPSA) is 12.0 Å². The summed E-state index contributed by atoms with van der Waals surface area (Å²) < 4.78 is 26.4. The van der Waals surface area contributed by atoms with Crippen LogP contribution in [0.4, 0.5) is 8.78 Å². The van der Waals surface area contributed by atoms with Crippen LogP contribution in [0.1, 0.15) is 26.2 Å². The van der Waals surface area contributed by atoms with Gasteiger partial charge in [-0.05, 0) is 25.7 Å². The molecule has 1 aliphatic heterocycles. The lowest BCUT2D eigenvalue weighted by atomic mass is 9.90. The van der Waals surface area contributed by atoms with Gasteiger partial charge in [0.15, 0.2) is 0 Å². The van der Waals surface area contributed by atoms with E-state index in [-0.39, 0.29) is 24.7 Å². The Morgan fingerprint density at radius 2 is 1.92 bits per heavy atom. The zero-order valence-corrected chi connectivity index (χ0v) is 7.89. The highest BCUT2D eigenvalue weighted by atomic mass is 35.5. The zero-order chi connectivity index (χ0) is 8.11. The van der Waals surface area contributed by atoms with Crippen molar-refractivity contribution in [2.75, 3.05) is 6.54 Å². The molecular formula is C8H14ClF2N. The molecule has 1 aliphatic carbocycles. The SMILES string of the molecule is CC1(C2CC2)NCCC1(F)F.Cl. The first-order chi connectivity index (χ1) is 5.06. The molecule has 12 heavy (non-hydrogen) atoms. The summed E-state index contributed by atoms with van der Waals surface area (Å²) in [6, 6.07) is 0. The molecule has 72 valence electrons. The summed E-state index contributed by atoms with van der Waals surface area (Å²) in [4.78, 5) is 0. The van der Waals surface area contributed by atoms with Crippen LogP contribution in [0, 0.1) is 5.92 Å². The molecule has 2 fully saturated rings. The van der Waals surface area contributed by atoms with Crippen molar-refractivity contribution in [3.05, 3.63) is 0 Å². The number of halogens is 3. The van der Waals surface area contributed by atoms with Crippen LogP contribution in [0.2, 0.25) is 0 Å². The molecule has 0 aromatic rings. The van der Waals surface area contributed by atoms with E-state index < -0.39 is 11.5 Å². The van der Waals surface area contributed by atoms with Crippen molar-refractivity contribution in [3.63, 3.8) is 0 Å². The number of nitrogens with one attached hydrogen (secondary N) is 1. The van der Waals surface area contributed by atoms with Gasteiger partial charge >= 0.3 is 0 Å². The zero-order valence-electron chi connectivity index (χ0n) is 7.07. The Hall–Kier alpha value is 0.110. The van der Waals surface area contributed by atoms with Crippen LogP contribution >= 0.6 is 12.4 Å². The molecule has 0 aromatic heterocycles. The van der Waals surface area contributed by atoms with Gasteiger partial charge in [0.2, 0.25) is 0 Å². The Morgan fingerprint density at radius 1 is 1.33 bits per heavy atom. The van der Waals surface area contributed by atoms with Crippen molar-refractivity contribution < 1.29 is 8.78 Å². The summed E-state index contributed by atoms with van der Waals surface area (Å²) in [5.74, 6) is -2.26. The fourth-order valence-electron chi connectivity index (χ4n) is 1.97. The van der Waals surface area contributed by atoms with E-state index >= 15 is 0 Å². The summed E-state index contributed by atoms with van der Waals surface area (Å²) in [7, 11) is 0. The lowest BCUT2D eigenvalue weighted by Crippen LogP contribution is -2.51. The number of hydrogen-bond donors (Lipinski definition) is 1. The van der Waals surface area contributed by atoms with Crippen LogP contribution < -0.4 is 5.32 Å². The van der Waals surface area contributed by atoms with Crippen LogP contribution in [0.15, 0.2) is 0 Å². The maximum atomic E-state index is 13.2. The fraction of sp³-hybridized carbons (Fsp3) is 1.00. The molecule has 1 saturated heterocycles. The molecule has 1 heterocycles. The van der Waals surface area contributed by atoms with Crippen molar-refractivity contribution in [2.24, 2.45) is 5.92 Å². The van der Waals surface area contributed by atoms with Gasteiger partial charge in [0.1, 0.15) is 0 Å². The minimum absolute atomic E-state index is 0. The van der Waals surface area contributed by atoms with E-state index in [1.165, 1.54) is 0 Å². The smallest absolute Gasteiger partial charge is 0.267 e. The molecule has 1 N–H and O–H groups in total. The monoisotopic (exact) mass is 197 g/mol. The largest absolute Gasteiger partial charge is 0.306 e. The van der Waals surface area contributed by atoms with Crippen LogP contribution in [0.25, 0.3) is 0 Å². The summed E-state index contributed by atoms with van der Waals surface area (Å²) in [5, 5.41) is 2.94.